The lowest BCUT2D eigenvalue weighted by Gasteiger charge is -1.97. The SMILES string of the molecule is Cc1cnc(N)c(C#CCBr)c1. The number of rotatable bonds is 0. The van der Waals surface area contributed by atoms with Crippen LogP contribution in [0.2, 0.25) is 0 Å². The second-order valence-corrected chi connectivity index (χ2v) is 2.94. The molecule has 0 radical (unpaired) electrons. The van der Waals surface area contributed by atoms with Crippen molar-refractivity contribution in [3.63, 3.8) is 0 Å². The second-order valence-electron chi connectivity index (χ2n) is 2.38. The van der Waals surface area contributed by atoms with Gasteiger partial charge in [0.15, 0.2) is 0 Å². The Balaban J connectivity index is 3.05. The number of alkyl halides is 1. The van der Waals surface area contributed by atoms with Crippen LogP contribution in [-0.4, -0.2) is 10.3 Å². The molecule has 1 aromatic heterocycles. The first-order valence-electron chi connectivity index (χ1n) is 3.51. The Morgan fingerprint density at radius 2 is 2.42 bits per heavy atom. The van der Waals surface area contributed by atoms with Crippen LogP contribution in [0.3, 0.4) is 0 Å². The van der Waals surface area contributed by atoms with Crippen molar-refractivity contribution in [3.8, 4) is 11.8 Å². The highest BCUT2D eigenvalue weighted by Crippen LogP contribution is 2.07. The quantitative estimate of drug-likeness (QED) is 0.539. The molecule has 2 N–H and O–H groups in total. The molecule has 0 saturated carbocycles. The van der Waals surface area contributed by atoms with Crippen molar-refractivity contribution in [1.29, 1.82) is 0 Å². The van der Waals surface area contributed by atoms with Gasteiger partial charge in [-0.05, 0) is 18.6 Å². The summed E-state index contributed by atoms with van der Waals surface area (Å²) in [5, 5.41) is 0.653. The van der Waals surface area contributed by atoms with Gasteiger partial charge >= 0.3 is 0 Å². The zero-order chi connectivity index (χ0) is 8.97. The van der Waals surface area contributed by atoms with Gasteiger partial charge in [-0.25, -0.2) is 4.98 Å². The molecule has 0 aliphatic heterocycles. The number of nitrogen functional groups attached to an aromatic ring is 1. The Hall–Kier alpha value is -1.01. The van der Waals surface area contributed by atoms with Crippen molar-refractivity contribution in [2.24, 2.45) is 0 Å². The van der Waals surface area contributed by atoms with Gasteiger partial charge in [0.05, 0.1) is 10.9 Å². The zero-order valence-electron chi connectivity index (χ0n) is 6.76. The summed E-state index contributed by atoms with van der Waals surface area (Å²) in [5.41, 5.74) is 7.47. The predicted molar refractivity (Wildman–Crippen MR) is 54.1 cm³/mol. The van der Waals surface area contributed by atoms with Crippen LogP contribution < -0.4 is 5.73 Å². The van der Waals surface area contributed by atoms with Crippen LogP contribution in [0.15, 0.2) is 12.3 Å². The third-order valence-electron chi connectivity index (χ3n) is 1.35. The minimum Gasteiger partial charge on any atom is -0.383 e. The normalized spacial score (nSPS) is 8.83. The maximum absolute atomic E-state index is 5.60. The Kier molecular flexibility index (Phi) is 3.12. The highest BCUT2D eigenvalue weighted by Gasteiger charge is 1.95. The Bertz CT molecular complexity index is 336. The lowest BCUT2D eigenvalue weighted by molar-refractivity contribution is 1.26. The molecule has 0 spiro atoms. The number of nitrogens with two attached hydrogens (primary N) is 1. The molecule has 1 aromatic rings. The number of anilines is 1. The van der Waals surface area contributed by atoms with E-state index in [0.717, 1.165) is 11.1 Å². The van der Waals surface area contributed by atoms with Crippen LogP contribution in [-0.2, 0) is 0 Å². The van der Waals surface area contributed by atoms with Gasteiger partial charge in [-0.3, -0.25) is 0 Å². The minimum absolute atomic E-state index is 0.494. The maximum atomic E-state index is 5.60. The predicted octanol–water partition coefficient (Wildman–Crippen LogP) is 1.72. The van der Waals surface area contributed by atoms with Crippen molar-refractivity contribution >= 4 is 21.7 Å². The fraction of sp³-hybridized carbons (Fsp3) is 0.222. The van der Waals surface area contributed by atoms with E-state index in [2.05, 4.69) is 32.8 Å². The van der Waals surface area contributed by atoms with Gasteiger partial charge in [-0.15, -0.1) is 0 Å². The number of halogens is 1. The molecule has 0 aromatic carbocycles. The van der Waals surface area contributed by atoms with Gasteiger partial charge in [0.25, 0.3) is 0 Å². The average Bonchev–Trinajstić information content (AvgIpc) is 2.07. The number of aryl methyl sites for hydroxylation is 1. The summed E-state index contributed by atoms with van der Waals surface area (Å²) in [6, 6.07) is 1.93. The van der Waals surface area contributed by atoms with Crippen molar-refractivity contribution < 1.29 is 0 Å². The van der Waals surface area contributed by atoms with E-state index >= 15 is 0 Å². The van der Waals surface area contributed by atoms with Gasteiger partial charge in [0.2, 0.25) is 0 Å². The fourth-order valence-corrected chi connectivity index (χ4v) is 0.949. The number of pyridine rings is 1. The van der Waals surface area contributed by atoms with Crippen molar-refractivity contribution in [3.05, 3.63) is 23.4 Å². The molecule has 0 saturated heterocycles. The monoisotopic (exact) mass is 224 g/mol. The molecule has 0 aliphatic carbocycles. The molecular weight excluding hydrogens is 216 g/mol. The minimum atomic E-state index is 0.494. The van der Waals surface area contributed by atoms with E-state index in [1.807, 2.05) is 13.0 Å². The highest BCUT2D eigenvalue weighted by atomic mass is 79.9. The number of nitrogens with zero attached hydrogens (tertiary/aromatic N) is 1. The van der Waals surface area contributed by atoms with Crippen LogP contribution in [0.25, 0.3) is 0 Å². The molecule has 1 rings (SSSR count). The molecule has 0 unspecified atom stereocenters. The van der Waals surface area contributed by atoms with Crippen LogP contribution in [0.1, 0.15) is 11.1 Å². The molecule has 1 heterocycles. The van der Waals surface area contributed by atoms with Crippen LogP contribution in [0, 0.1) is 18.8 Å². The standard InChI is InChI=1S/C9H9BrN2/c1-7-5-8(3-2-4-10)9(11)12-6-7/h5-6H,4H2,1H3,(H2,11,12). The molecule has 0 bridgehead atoms. The maximum Gasteiger partial charge on any atom is 0.139 e. The Morgan fingerprint density at radius 3 is 3.08 bits per heavy atom. The van der Waals surface area contributed by atoms with Gasteiger partial charge in [-0.2, -0.15) is 0 Å². The number of hydrogen-bond donors (Lipinski definition) is 1. The Labute approximate surface area is 80.3 Å². The lowest BCUT2D eigenvalue weighted by Crippen LogP contribution is -1.94. The van der Waals surface area contributed by atoms with E-state index in [9.17, 15) is 0 Å². The van der Waals surface area contributed by atoms with Crippen molar-refractivity contribution in [2.45, 2.75) is 6.92 Å². The zero-order valence-corrected chi connectivity index (χ0v) is 8.35. The molecule has 0 atom stereocenters. The van der Waals surface area contributed by atoms with E-state index < -0.39 is 0 Å². The summed E-state index contributed by atoms with van der Waals surface area (Å²) >= 11 is 3.22. The number of hydrogen-bond acceptors (Lipinski definition) is 2. The molecular formula is C9H9BrN2. The van der Waals surface area contributed by atoms with E-state index in [0.29, 0.717) is 11.1 Å². The first kappa shape index (κ1) is 9.08. The summed E-state index contributed by atoms with van der Waals surface area (Å²) in [6.07, 6.45) is 1.73. The average molecular weight is 225 g/mol. The van der Waals surface area contributed by atoms with Gasteiger partial charge in [-0.1, -0.05) is 27.8 Å². The van der Waals surface area contributed by atoms with E-state index in [4.69, 9.17) is 5.73 Å². The first-order chi connectivity index (χ1) is 5.74. The van der Waals surface area contributed by atoms with Gasteiger partial charge < -0.3 is 5.73 Å². The molecule has 0 fully saturated rings. The van der Waals surface area contributed by atoms with Crippen molar-refractivity contribution in [2.75, 3.05) is 11.1 Å². The molecule has 12 heavy (non-hydrogen) atoms. The molecule has 62 valence electrons. The lowest BCUT2D eigenvalue weighted by atomic mass is 10.2. The van der Waals surface area contributed by atoms with Crippen LogP contribution in [0.5, 0.6) is 0 Å². The summed E-state index contributed by atoms with van der Waals surface area (Å²) in [4.78, 5) is 3.99. The van der Waals surface area contributed by atoms with E-state index in [1.54, 1.807) is 6.20 Å². The number of aromatic nitrogens is 1. The fourth-order valence-electron chi connectivity index (χ4n) is 0.809. The van der Waals surface area contributed by atoms with Crippen LogP contribution in [0.4, 0.5) is 5.82 Å². The third-order valence-corrected chi connectivity index (χ3v) is 1.63. The summed E-state index contributed by atoms with van der Waals surface area (Å²) in [7, 11) is 0. The van der Waals surface area contributed by atoms with Gasteiger partial charge in [0.1, 0.15) is 5.82 Å². The molecule has 3 heteroatoms. The molecule has 0 amide bonds. The summed E-state index contributed by atoms with van der Waals surface area (Å²) in [5.74, 6) is 6.29. The molecule has 0 aliphatic rings. The summed E-state index contributed by atoms with van der Waals surface area (Å²) < 4.78 is 0. The smallest absolute Gasteiger partial charge is 0.139 e. The topological polar surface area (TPSA) is 38.9 Å². The molecule has 2 nitrogen and oxygen atoms in total. The first-order valence-corrected chi connectivity index (χ1v) is 4.63. The van der Waals surface area contributed by atoms with Crippen LogP contribution >= 0.6 is 15.9 Å². The summed E-state index contributed by atoms with van der Waals surface area (Å²) in [6.45, 7) is 1.96. The van der Waals surface area contributed by atoms with Gasteiger partial charge in [0, 0.05) is 6.20 Å². The van der Waals surface area contributed by atoms with E-state index in [1.165, 1.54) is 0 Å². The van der Waals surface area contributed by atoms with Crippen molar-refractivity contribution in [1.82, 2.24) is 4.98 Å². The Morgan fingerprint density at radius 1 is 1.67 bits per heavy atom. The van der Waals surface area contributed by atoms with E-state index in [-0.39, 0.29) is 0 Å². The third kappa shape index (κ3) is 2.24. The largest absolute Gasteiger partial charge is 0.383 e. The highest BCUT2D eigenvalue weighted by molar-refractivity contribution is 9.09. The second kappa shape index (κ2) is 4.13.